The van der Waals surface area contributed by atoms with E-state index in [0.717, 1.165) is 12.4 Å². The molecule has 15 heavy (non-hydrogen) atoms. The number of fused-ring (bicyclic) bond motifs is 1. The van der Waals surface area contributed by atoms with E-state index in [4.69, 9.17) is 0 Å². The van der Waals surface area contributed by atoms with Crippen LogP contribution in [0, 0.1) is 6.92 Å². The first-order valence-corrected chi connectivity index (χ1v) is 5.51. The van der Waals surface area contributed by atoms with Crippen molar-refractivity contribution < 1.29 is 0 Å². The first kappa shape index (κ1) is 8.92. The number of aryl methyl sites for hydroxylation is 1. The molecule has 78 valence electrons. The normalized spacial score (nSPS) is 21.3. The Labute approximate surface area is 89.1 Å². The van der Waals surface area contributed by atoms with E-state index in [1.165, 1.54) is 23.9 Å². The van der Waals surface area contributed by atoms with Crippen LogP contribution in [0.5, 0.6) is 0 Å². The van der Waals surface area contributed by atoms with Crippen molar-refractivity contribution >= 4 is 5.52 Å². The van der Waals surface area contributed by atoms with Gasteiger partial charge in [0.15, 0.2) is 0 Å². The van der Waals surface area contributed by atoms with Crippen molar-refractivity contribution in [2.75, 3.05) is 6.54 Å². The van der Waals surface area contributed by atoms with Crippen molar-refractivity contribution in [2.24, 2.45) is 0 Å². The number of rotatable bonds is 1. The minimum absolute atomic E-state index is 0.538. The van der Waals surface area contributed by atoms with Crippen LogP contribution in [0.3, 0.4) is 0 Å². The minimum Gasteiger partial charge on any atom is -0.310 e. The summed E-state index contributed by atoms with van der Waals surface area (Å²) in [7, 11) is 0. The molecule has 3 rings (SSSR count). The number of hydrogen-bond acceptors (Lipinski definition) is 2. The monoisotopic (exact) mass is 201 g/mol. The van der Waals surface area contributed by atoms with E-state index in [-0.39, 0.29) is 0 Å². The van der Waals surface area contributed by atoms with Crippen molar-refractivity contribution in [3.05, 3.63) is 35.9 Å². The highest BCUT2D eigenvalue weighted by Crippen LogP contribution is 2.23. The van der Waals surface area contributed by atoms with Gasteiger partial charge in [-0.1, -0.05) is 6.07 Å². The van der Waals surface area contributed by atoms with E-state index in [1.54, 1.807) is 0 Å². The standard InChI is InChI=1S/C12H15N3/c1-9-14-7-11-5-4-10(8-15(9)11)12-3-2-6-13-12/h4-5,7-8,12-13H,2-3,6H2,1H3. The molecule has 0 saturated carbocycles. The third-order valence-corrected chi connectivity index (χ3v) is 3.20. The Morgan fingerprint density at radius 1 is 1.47 bits per heavy atom. The maximum absolute atomic E-state index is 4.31. The van der Waals surface area contributed by atoms with Crippen LogP contribution in [0.15, 0.2) is 24.5 Å². The molecule has 0 aromatic carbocycles. The molecule has 3 heterocycles. The molecular weight excluding hydrogens is 186 g/mol. The van der Waals surface area contributed by atoms with Gasteiger partial charge >= 0.3 is 0 Å². The van der Waals surface area contributed by atoms with Gasteiger partial charge in [-0.05, 0) is 37.9 Å². The third-order valence-electron chi connectivity index (χ3n) is 3.20. The topological polar surface area (TPSA) is 29.3 Å². The van der Waals surface area contributed by atoms with Gasteiger partial charge in [0.05, 0.1) is 11.7 Å². The van der Waals surface area contributed by atoms with E-state index in [1.807, 2.05) is 13.1 Å². The summed E-state index contributed by atoms with van der Waals surface area (Å²) in [6.07, 6.45) is 6.66. The van der Waals surface area contributed by atoms with Crippen LogP contribution >= 0.6 is 0 Å². The molecule has 2 aromatic heterocycles. The maximum Gasteiger partial charge on any atom is 0.110 e. The Morgan fingerprint density at radius 2 is 2.40 bits per heavy atom. The number of nitrogens with one attached hydrogen (secondary N) is 1. The summed E-state index contributed by atoms with van der Waals surface area (Å²) in [5.74, 6) is 1.06. The van der Waals surface area contributed by atoms with E-state index in [9.17, 15) is 0 Å². The maximum atomic E-state index is 4.31. The summed E-state index contributed by atoms with van der Waals surface area (Å²) in [5.41, 5.74) is 2.55. The van der Waals surface area contributed by atoms with Crippen LogP contribution in [0.4, 0.5) is 0 Å². The molecule has 1 saturated heterocycles. The van der Waals surface area contributed by atoms with E-state index in [0.29, 0.717) is 6.04 Å². The fraction of sp³-hybridized carbons (Fsp3) is 0.417. The Balaban J connectivity index is 2.08. The number of pyridine rings is 1. The lowest BCUT2D eigenvalue weighted by atomic mass is 10.1. The predicted molar refractivity (Wildman–Crippen MR) is 59.9 cm³/mol. The molecule has 1 fully saturated rings. The molecule has 0 aliphatic carbocycles. The van der Waals surface area contributed by atoms with E-state index >= 15 is 0 Å². The van der Waals surface area contributed by atoms with Crippen molar-refractivity contribution in [2.45, 2.75) is 25.8 Å². The molecular formula is C12H15N3. The molecule has 1 atom stereocenters. The molecule has 0 spiro atoms. The van der Waals surface area contributed by atoms with Gasteiger partial charge in [0.1, 0.15) is 5.82 Å². The Hall–Kier alpha value is -1.35. The lowest BCUT2D eigenvalue weighted by Gasteiger charge is -2.11. The fourth-order valence-electron chi connectivity index (χ4n) is 2.31. The molecule has 1 N–H and O–H groups in total. The molecule has 0 radical (unpaired) electrons. The Kier molecular flexibility index (Phi) is 1.99. The van der Waals surface area contributed by atoms with E-state index < -0.39 is 0 Å². The largest absolute Gasteiger partial charge is 0.310 e. The molecule has 2 aromatic rings. The van der Waals surface area contributed by atoms with Crippen LogP contribution in [-0.2, 0) is 0 Å². The zero-order valence-corrected chi connectivity index (χ0v) is 8.90. The first-order valence-electron chi connectivity index (χ1n) is 5.51. The zero-order chi connectivity index (χ0) is 10.3. The van der Waals surface area contributed by atoms with Gasteiger partial charge in [-0.2, -0.15) is 0 Å². The van der Waals surface area contributed by atoms with Crippen LogP contribution in [0.2, 0.25) is 0 Å². The van der Waals surface area contributed by atoms with Crippen molar-refractivity contribution in [3.8, 4) is 0 Å². The zero-order valence-electron chi connectivity index (χ0n) is 8.90. The van der Waals surface area contributed by atoms with Gasteiger partial charge < -0.3 is 9.72 Å². The Morgan fingerprint density at radius 3 is 3.20 bits per heavy atom. The summed E-state index contributed by atoms with van der Waals surface area (Å²) in [4.78, 5) is 4.31. The molecule has 0 amide bonds. The predicted octanol–water partition coefficient (Wildman–Crippen LogP) is 2.07. The first-order chi connectivity index (χ1) is 7.34. The van der Waals surface area contributed by atoms with Gasteiger partial charge in [0, 0.05) is 12.2 Å². The van der Waals surface area contributed by atoms with Crippen molar-refractivity contribution in [3.63, 3.8) is 0 Å². The van der Waals surface area contributed by atoms with Crippen LogP contribution < -0.4 is 5.32 Å². The van der Waals surface area contributed by atoms with Gasteiger partial charge in [-0.3, -0.25) is 0 Å². The smallest absolute Gasteiger partial charge is 0.110 e. The quantitative estimate of drug-likeness (QED) is 0.765. The Bertz CT molecular complexity index is 481. The SMILES string of the molecule is Cc1ncc2ccc(C3CCCN3)cn12. The van der Waals surface area contributed by atoms with Crippen molar-refractivity contribution in [1.82, 2.24) is 14.7 Å². The lowest BCUT2D eigenvalue weighted by molar-refractivity contribution is 0.643. The summed E-state index contributed by atoms with van der Waals surface area (Å²) < 4.78 is 2.16. The number of nitrogens with zero attached hydrogens (tertiary/aromatic N) is 2. The van der Waals surface area contributed by atoms with Gasteiger partial charge in [0.2, 0.25) is 0 Å². The number of aromatic nitrogens is 2. The summed E-state index contributed by atoms with van der Waals surface area (Å²) >= 11 is 0. The molecule has 1 aliphatic rings. The number of imidazole rings is 1. The minimum atomic E-state index is 0.538. The summed E-state index contributed by atoms with van der Waals surface area (Å²) in [6, 6.07) is 4.89. The highest BCUT2D eigenvalue weighted by atomic mass is 15.0. The average molecular weight is 201 g/mol. The number of hydrogen-bond donors (Lipinski definition) is 1. The van der Waals surface area contributed by atoms with Gasteiger partial charge in [-0.15, -0.1) is 0 Å². The second-order valence-electron chi connectivity index (χ2n) is 4.21. The van der Waals surface area contributed by atoms with Crippen molar-refractivity contribution in [1.29, 1.82) is 0 Å². The van der Waals surface area contributed by atoms with Crippen LogP contribution in [-0.4, -0.2) is 15.9 Å². The second kappa shape index (κ2) is 3.35. The third kappa shape index (κ3) is 1.43. The molecule has 1 unspecified atom stereocenters. The lowest BCUT2D eigenvalue weighted by Crippen LogP contribution is -2.13. The average Bonchev–Trinajstić information content (AvgIpc) is 2.88. The summed E-state index contributed by atoms with van der Waals surface area (Å²) in [6.45, 7) is 3.18. The molecule has 1 aliphatic heterocycles. The fourth-order valence-corrected chi connectivity index (χ4v) is 2.31. The highest BCUT2D eigenvalue weighted by molar-refractivity contribution is 5.47. The second-order valence-corrected chi connectivity index (χ2v) is 4.21. The molecule has 3 heteroatoms. The molecule has 0 bridgehead atoms. The van der Waals surface area contributed by atoms with Crippen LogP contribution in [0.1, 0.15) is 30.3 Å². The van der Waals surface area contributed by atoms with Crippen LogP contribution in [0.25, 0.3) is 5.52 Å². The van der Waals surface area contributed by atoms with Gasteiger partial charge in [-0.25, -0.2) is 4.98 Å². The molecule has 3 nitrogen and oxygen atoms in total. The van der Waals surface area contributed by atoms with E-state index in [2.05, 4.69) is 33.0 Å². The van der Waals surface area contributed by atoms with Gasteiger partial charge in [0.25, 0.3) is 0 Å². The summed E-state index contributed by atoms with van der Waals surface area (Å²) in [5, 5.41) is 3.52. The highest BCUT2D eigenvalue weighted by Gasteiger charge is 2.16.